The number of carbonyl (C=O) groups excluding carboxylic acids is 1. The van der Waals surface area contributed by atoms with Gasteiger partial charge in [0.25, 0.3) is 0 Å². The zero-order valence-electron chi connectivity index (χ0n) is 13.6. The molecule has 0 aliphatic rings. The van der Waals surface area contributed by atoms with Crippen LogP contribution < -0.4 is 5.32 Å². The summed E-state index contributed by atoms with van der Waals surface area (Å²) in [5, 5.41) is 1.88. The third-order valence-corrected chi connectivity index (χ3v) is 4.08. The maximum atomic E-state index is 12.4. The van der Waals surface area contributed by atoms with Crippen LogP contribution in [-0.2, 0) is 11.3 Å². The molecule has 3 rings (SSSR count). The fourth-order valence-electron chi connectivity index (χ4n) is 2.72. The Hall–Kier alpha value is -3.12. The highest BCUT2D eigenvalue weighted by atomic mass is 35.5. The number of fused-ring (bicyclic) bond motifs is 1. The number of hydrogen-bond donors (Lipinski definition) is 1. The van der Waals surface area contributed by atoms with Gasteiger partial charge >= 0.3 is 12.1 Å². The highest BCUT2D eigenvalue weighted by Gasteiger charge is 2.38. The molecule has 0 saturated carbocycles. The first-order valence-electron chi connectivity index (χ1n) is 7.65. The second-order valence-electron chi connectivity index (χ2n) is 5.44. The van der Waals surface area contributed by atoms with E-state index in [1.54, 1.807) is 34.9 Å². The summed E-state index contributed by atoms with van der Waals surface area (Å²) in [7, 11) is 0. The quantitative estimate of drug-likeness (QED) is 0.538. The highest BCUT2D eigenvalue weighted by molar-refractivity contribution is 6.34. The number of benzene rings is 1. The van der Waals surface area contributed by atoms with Crippen LogP contribution in [-0.4, -0.2) is 33.2 Å². The van der Waals surface area contributed by atoms with Crippen LogP contribution in [0, 0.1) is 6.57 Å². The van der Waals surface area contributed by atoms with Crippen LogP contribution in [0.2, 0.25) is 5.15 Å². The number of hydrogen-bond acceptors (Lipinski definition) is 3. The summed E-state index contributed by atoms with van der Waals surface area (Å²) < 4.78 is 38.7. The van der Waals surface area contributed by atoms with Crippen LogP contribution in [0.5, 0.6) is 0 Å². The minimum absolute atomic E-state index is 0.0504. The first kappa shape index (κ1) is 18.7. The van der Waals surface area contributed by atoms with Gasteiger partial charge < -0.3 is 9.88 Å². The van der Waals surface area contributed by atoms with Gasteiger partial charge in [0.05, 0.1) is 17.8 Å². The van der Waals surface area contributed by atoms with Crippen molar-refractivity contribution in [3.8, 4) is 11.3 Å². The second-order valence-corrected chi connectivity index (χ2v) is 5.80. The molecule has 0 fully saturated rings. The summed E-state index contributed by atoms with van der Waals surface area (Å²) >= 11 is 6.16. The van der Waals surface area contributed by atoms with Crippen molar-refractivity contribution in [2.45, 2.75) is 12.7 Å². The molecule has 0 unspecified atom stereocenters. The molecule has 0 atom stereocenters. The van der Waals surface area contributed by atoms with Crippen molar-refractivity contribution in [2.24, 2.45) is 0 Å². The minimum Gasteiger partial charge on any atom is -0.346 e. The molecule has 3 aromatic rings. The standard InChI is InChI=1S/C17H11ClF3N5O/c1-22-11-12-14(15(18)25-9-24-12)26(8-7-23-16(27)17(19,20)21)13(11)10-5-3-2-4-6-10/h2-6,9H,7-8H2,(H,23,27). The lowest BCUT2D eigenvalue weighted by Crippen LogP contribution is -2.38. The van der Waals surface area contributed by atoms with E-state index in [2.05, 4.69) is 14.8 Å². The van der Waals surface area contributed by atoms with E-state index in [1.165, 1.54) is 6.33 Å². The fraction of sp³-hybridized carbons (Fsp3) is 0.176. The van der Waals surface area contributed by atoms with E-state index < -0.39 is 12.1 Å². The van der Waals surface area contributed by atoms with E-state index in [9.17, 15) is 18.0 Å². The van der Waals surface area contributed by atoms with Crippen molar-refractivity contribution < 1.29 is 18.0 Å². The van der Waals surface area contributed by atoms with Crippen LogP contribution in [0.25, 0.3) is 27.1 Å². The Morgan fingerprint density at radius 2 is 1.96 bits per heavy atom. The zero-order valence-corrected chi connectivity index (χ0v) is 14.3. The molecule has 0 saturated heterocycles. The molecular formula is C17H11ClF3N5O. The molecule has 1 amide bonds. The van der Waals surface area contributed by atoms with Crippen molar-refractivity contribution in [2.75, 3.05) is 6.54 Å². The SMILES string of the molecule is [C-]#[N+]c1c(-c2ccccc2)n(CCNC(=O)C(F)(F)F)c2c(Cl)ncnc12. The van der Waals surface area contributed by atoms with Gasteiger partial charge in [0, 0.05) is 13.1 Å². The highest BCUT2D eigenvalue weighted by Crippen LogP contribution is 2.40. The Kier molecular flexibility index (Phi) is 5.01. The minimum atomic E-state index is -4.97. The number of aromatic nitrogens is 3. The maximum Gasteiger partial charge on any atom is 0.471 e. The van der Waals surface area contributed by atoms with E-state index in [-0.39, 0.29) is 23.9 Å². The average molecular weight is 394 g/mol. The zero-order chi connectivity index (χ0) is 19.6. The molecule has 2 heterocycles. The van der Waals surface area contributed by atoms with Gasteiger partial charge in [0.2, 0.25) is 5.69 Å². The molecule has 0 radical (unpaired) electrons. The fourth-order valence-corrected chi connectivity index (χ4v) is 2.96. The van der Waals surface area contributed by atoms with Crippen LogP contribution in [0.3, 0.4) is 0 Å². The average Bonchev–Trinajstić information content (AvgIpc) is 2.96. The Morgan fingerprint density at radius 3 is 2.59 bits per heavy atom. The molecule has 138 valence electrons. The number of halogens is 4. The van der Waals surface area contributed by atoms with E-state index in [0.717, 1.165) is 0 Å². The number of alkyl halides is 3. The largest absolute Gasteiger partial charge is 0.471 e. The molecule has 1 N–H and O–H groups in total. The number of nitrogens with zero attached hydrogens (tertiary/aromatic N) is 4. The first-order chi connectivity index (χ1) is 12.8. The normalized spacial score (nSPS) is 11.4. The van der Waals surface area contributed by atoms with Gasteiger partial charge in [0.15, 0.2) is 5.15 Å². The van der Waals surface area contributed by atoms with Crippen LogP contribution in [0.15, 0.2) is 36.7 Å². The topological polar surface area (TPSA) is 64.2 Å². The second kappa shape index (κ2) is 7.25. The third-order valence-electron chi connectivity index (χ3n) is 3.80. The molecule has 6 nitrogen and oxygen atoms in total. The summed E-state index contributed by atoms with van der Waals surface area (Å²) in [4.78, 5) is 22.6. The maximum absolute atomic E-state index is 12.4. The predicted octanol–water partition coefficient (Wildman–Crippen LogP) is 3.98. The number of rotatable bonds is 4. The van der Waals surface area contributed by atoms with E-state index in [4.69, 9.17) is 18.2 Å². The third kappa shape index (κ3) is 3.57. The van der Waals surface area contributed by atoms with Gasteiger partial charge in [0.1, 0.15) is 11.8 Å². The Balaban J connectivity index is 2.10. The van der Waals surface area contributed by atoms with Crippen molar-refractivity contribution >= 4 is 34.2 Å². The summed E-state index contributed by atoms with van der Waals surface area (Å²) in [5.41, 5.74) is 1.95. The monoisotopic (exact) mass is 393 g/mol. The van der Waals surface area contributed by atoms with Crippen LogP contribution in [0.1, 0.15) is 0 Å². The summed E-state index contributed by atoms with van der Waals surface area (Å²) in [6.07, 6.45) is -3.76. The molecule has 0 aliphatic heterocycles. The van der Waals surface area contributed by atoms with E-state index in [1.807, 2.05) is 5.32 Å². The van der Waals surface area contributed by atoms with Crippen molar-refractivity contribution in [1.29, 1.82) is 0 Å². The molecule has 1 aromatic carbocycles. The summed E-state index contributed by atoms with van der Waals surface area (Å²) in [5.74, 6) is -2.03. The van der Waals surface area contributed by atoms with Crippen LogP contribution >= 0.6 is 11.6 Å². The number of nitrogens with one attached hydrogen (secondary N) is 1. The molecular weight excluding hydrogens is 383 g/mol. The number of carbonyl (C=O) groups is 1. The Bertz CT molecular complexity index is 1040. The number of amides is 1. The Morgan fingerprint density at radius 1 is 1.26 bits per heavy atom. The van der Waals surface area contributed by atoms with E-state index >= 15 is 0 Å². The lowest BCUT2D eigenvalue weighted by atomic mass is 10.1. The molecule has 0 spiro atoms. The lowest BCUT2D eigenvalue weighted by molar-refractivity contribution is -0.173. The molecule has 0 bridgehead atoms. The van der Waals surface area contributed by atoms with Gasteiger partial charge in [-0.1, -0.05) is 41.9 Å². The van der Waals surface area contributed by atoms with Crippen molar-refractivity contribution in [1.82, 2.24) is 19.9 Å². The molecule has 10 heteroatoms. The molecule has 0 aliphatic carbocycles. The van der Waals surface area contributed by atoms with Gasteiger partial charge in [-0.3, -0.25) is 4.79 Å². The Labute approximate surface area is 156 Å². The van der Waals surface area contributed by atoms with Gasteiger partial charge in [-0.15, -0.1) is 0 Å². The summed E-state index contributed by atoms with van der Waals surface area (Å²) in [6.45, 7) is 7.15. The van der Waals surface area contributed by atoms with Crippen molar-refractivity contribution in [3.05, 3.63) is 53.2 Å². The van der Waals surface area contributed by atoms with E-state index in [0.29, 0.717) is 22.3 Å². The predicted molar refractivity (Wildman–Crippen MR) is 93.3 cm³/mol. The van der Waals surface area contributed by atoms with Crippen LogP contribution in [0.4, 0.5) is 18.9 Å². The smallest absolute Gasteiger partial charge is 0.346 e. The van der Waals surface area contributed by atoms with Gasteiger partial charge in [-0.25, -0.2) is 14.8 Å². The van der Waals surface area contributed by atoms with Gasteiger partial charge in [-0.05, 0) is 5.56 Å². The molecule has 2 aromatic heterocycles. The first-order valence-corrected chi connectivity index (χ1v) is 8.03. The molecule has 27 heavy (non-hydrogen) atoms. The van der Waals surface area contributed by atoms with Gasteiger partial charge in [-0.2, -0.15) is 13.2 Å². The van der Waals surface area contributed by atoms with Crippen molar-refractivity contribution in [3.63, 3.8) is 0 Å². The summed E-state index contributed by atoms with van der Waals surface area (Å²) in [6, 6.07) is 8.85. The lowest BCUT2D eigenvalue weighted by Gasteiger charge is -2.13.